The third-order valence-corrected chi connectivity index (χ3v) is 6.64. The zero-order valence-corrected chi connectivity index (χ0v) is 17.1. The molecule has 2 N–H and O–H groups in total. The first kappa shape index (κ1) is 20.0. The minimum atomic E-state index is -1.56. The van der Waals surface area contributed by atoms with E-state index in [4.69, 9.17) is 5.73 Å². The molecule has 2 atom stereocenters. The number of rotatable bonds is 3. The van der Waals surface area contributed by atoms with Crippen LogP contribution in [0.25, 0.3) is 0 Å². The van der Waals surface area contributed by atoms with Crippen molar-refractivity contribution in [3.05, 3.63) is 52.7 Å². The highest BCUT2D eigenvalue weighted by Crippen LogP contribution is 2.54. The van der Waals surface area contributed by atoms with Gasteiger partial charge in [0.1, 0.15) is 6.07 Å². The smallest absolute Gasteiger partial charge is 0.191 e. The second-order valence-corrected chi connectivity index (χ2v) is 8.38. The van der Waals surface area contributed by atoms with Gasteiger partial charge in [0.15, 0.2) is 5.41 Å². The highest BCUT2D eigenvalue weighted by molar-refractivity contribution is 7.98. The molecule has 6 heteroatoms. The molecule has 2 aliphatic rings. The van der Waals surface area contributed by atoms with Gasteiger partial charge in [-0.15, -0.1) is 11.8 Å². The van der Waals surface area contributed by atoms with Crippen molar-refractivity contribution in [3.63, 3.8) is 0 Å². The Morgan fingerprint density at radius 1 is 1.18 bits per heavy atom. The van der Waals surface area contributed by atoms with Gasteiger partial charge < -0.3 is 5.73 Å². The number of nitrogens with two attached hydrogens (primary N) is 1. The number of benzene rings is 1. The maximum atomic E-state index is 10.1. The topological polar surface area (TPSA) is 101 Å². The Labute approximate surface area is 170 Å². The first-order valence-corrected chi connectivity index (χ1v) is 10.5. The summed E-state index contributed by atoms with van der Waals surface area (Å²) in [5.41, 5.74) is 6.93. The number of nitriles is 3. The molecule has 0 spiro atoms. The number of hydrogen-bond donors (Lipinski definition) is 1. The molecule has 28 heavy (non-hydrogen) atoms. The van der Waals surface area contributed by atoms with Gasteiger partial charge in [-0.2, -0.15) is 15.8 Å². The molecule has 0 saturated carbocycles. The minimum Gasteiger partial charge on any atom is -0.399 e. The third-order valence-electron chi connectivity index (χ3n) is 5.90. The van der Waals surface area contributed by atoms with Gasteiger partial charge in [-0.1, -0.05) is 18.2 Å². The molecule has 1 aromatic rings. The number of hydrogen-bond acceptors (Lipinski definition) is 6. The Bertz CT molecular complexity index is 939. The standard InChI is InChI=1S/C22H23N5S/c1-14(2)27-9-8-17-18(10-23)21(26)22(12-24,13-25)20(19(17)11-27)15-4-6-16(28-3)7-5-15/h4-8,14,19-20H,9,11,26H2,1-3H3. The molecule has 5 nitrogen and oxygen atoms in total. The van der Waals surface area contributed by atoms with E-state index in [9.17, 15) is 15.8 Å². The third kappa shape index (κ3) is 2.98. The second kappa shape index (κ2) is 7.72. The van der Waals surface area contributed by atoms with E-state index in [1.54, 1.807) is 11.8 Å². The Balaban J connectivity index is 2.26. The van der Waals surface area contributed by atoms with Gasteiger partial charge in [-0.25, -0.2) is 0 Å². The predicted molar refractivity (Wildman–Crippen MR) is 110 cm³/mol. The van der Waals surface area contributed by atoms with Crippen LogP contribution in [0.15, 0.2) is 52.1 Å². The van der Waals surface area contributed by atoms with E-state index >= 15 is 0 Å². The molecule has 0 amide bonds. The summed E-state index contributed by atoms with van der Waals surface area (Å²) in [7, 11) is 0. The highest BCUT2D eigenvalue weighted by atomic mass is 32.2. The van der Waals surface area contributed by atoms with Crippen LogP contribution in [-0.4, -0.2) is 30.3 Å². The van der Waals surface area contributed by atoms with Crippen molar-refractivity contribution >= 4 is 11.8 Å². The van der Waals surface area contributed by atoms with Gasteiger partial charge in [0.2, 0.25) is 0 Å². The first-order chi connectivity index (χ1) is 13.4. The molecule has 1 heterocycles. The van der Waals surface area contributed by atoms with E-state index in [2.05, 4.69) is 37.0 Å². The van der Waals surface area contributed by atoms with Crippen molar-refractivity contribution in [2.45, 2.75) is 30.7 Å². The van der Waals surface area contributed by atoms with Gasteiger partial charge in [0.05, 0.1) is 23.4 Å². The van der Waals surface area contributed by atoms with Crippen LogP contribution in [0.4, 0.5) is 0 Å². The molecule has 142 valence electrons. The van der Waals surface area contributed by atoms with E-state index in [0.29, 0.717) is 18.2 Å². The fourth-order valence-electron chi connectivity index (χ4n) is 4.31. The normalized spacial score (nSPS) is 24.0. The minimum absolute atomic E-state index is 0.0828. The van der Waals surface area contributed by atoms with Crippen LogP contribution >= 0.6 is 11.8 Å². The first-order valence-electron chi connectivity index (χ1n) is 9.24. The van der Waals surface area contributed by atoms with Crippen LogP contribution in [0.2, 0.25) is 0 Å². The average Bonchev–Trinajstić information content (AvgIpc) is 2.72. The van der Waals surface area contributed by atoms with E-state index in [0.717, 1.165) is 22.6 Å². The fraction of sp³-hybridized carbons (Fsp3) is 0.409. The molecule has 0 fully saturated rings. The van der Waals surface area contributed by atoms with Crippen LogP contribution in [0, 0.1) is 45.3 Å². The van der Waals surface area contributed by atoms with E-state index in [1.807, 2.05) is 36.6 Å². The van der Waals surface area contributed by atoms with Crippen LogP contribution in [-0.2, 0) is 0 Å². The van der Waals surface area contributed by atoms with Crippen LogP contribution in [0.1, 0.15) is 25.3 Å². The molecule has 2 unspecified atom stereocenters. The molecule has 0 aromatic heterocycles. The lowest BCUT2D eigenvalue weighted by molar-refractivity contribution is 0.174. The number of allylic oxidation sites excluding steroid dienone is 2. The van der Waals surface area contributed by atoms with Gasteiger partial charge in [-0.05, 0) is 43.4 Å². The van der Waals surface area contributed by atoms with Crippen LogP contribution in [0.5, 0.6) is 0 Å². The fourth-order valence-corrected chi connectivity index (χ4v) is 4.72. The van der Waals surface area contributed by atoms with Crippen molar-refractivity contribution in [2.75, 3.05) is 19.3 Å². The zero-order valence-electron chi connectivity index (χ0n) is 16.3. The maximum absolute atomic E-state index is 10.1. The van der Waals surface area contributed by atoms with Crippen molar-refractivity contribution in [3.8, 4) is 18.2 Å². The summed E-state index contributed by atoms with van der Waals surface area (Å²) < 4.78 is 0. The van der Waals surface area contributed by atoms with Crippen molar-refractivity contribution in [1.82, 2.24) is 4.90 Å². The van der Waals surface area contributed by atoms with E-state index in [1.165, 1.54) is 0 Å². The Kier molecular flexibility index (Phi) is 5.52. The van der Waals surface area contributed by atoms with E-state index in [-0.39, 0.29) is 11.6 Å². The Morgan fingerprint density at radius 2 is 1.82 bits per heavy atom. The Hall–Kier alpha value is -2.72. The van der Waals surface area contributed by atoms with Crippen LogP contribution in [0.3, 0.4) is 0 Å². The van der Waals surface area contributed by atoms with Gasteiger partial charge in [-0.3, -0.25) is 4.90 Å². The molecular weight excluding hydrogens is 366 g/mol. The van der Waals surface area contributed by atoms with Gasteiger partial charge in [0, 0.05) is 35.9 Å². The molecule has 1 aliphatic heterocycles. The highest BCUT2D eigenvalue weighted by Gasteiger charge is 2.54. The summed E-state index contributed by atoms with van der Waals surface area (Å²) in [6, 6.07) is 14.9. The SMILES string of the molecule is CSc1ccc(C2C3CN(C(C)C)CC=C3C(C#N)=C(N)C2(C#N)C#N)cc1. The second-order valence-electron chi connectivity index (χ2n) is 7.50. The predicted octanol–water partition coefficient (Wildman–Crippen LogP) is 3.54. The molecule has 0 bridgehead atoms. The van der Waals surface area contributed by atoms with Gasteiger partial charge >= 0.3 is 0 Å². The zero-order chi connectivity index (χ0) is 20.5. The summed E-state index contributed by atoms with van der Waals surface area (Å²) in [4.78, 5) is 3.41. The Morgan fingerprint density at radius 3 is 2.32 bits per heavy atom. The lowest BCUT2D eigenvalue weighted by Crippen LogP contribution is -2.49. The van der Waals surface area contributed by atoms with Crippen molar-refractivity contribution in [1.29, 1.82) is 15.8 Å². The van der Waals surface area contributed by atoms with Crippen LogP contribution < -0.4 is 5.73 Å². The summed E-state index contributed by atoms with van der Waals surface area (Å²) >= 11 is 1.64. The van der Waals surface area contributed by atoms with Crippen molar-refractivity contribution in [2.24, 2.45) is 17.1 Å². The molecule has 0 saturated heterocycles. The number of fused-ring (bicyclic) bond motifs is 1. The molecule has 0 radical (unpaired) electrons. The summed E-state index contributed by atoms with van der Waals surface area (Å²) in [5.74, 6) is -0.569. The molecular formula is C22H23N5S. The summed E-state index contributed by atoms with van der Waals surface area (Å²) in [6.45, 7) is 5.66. The molecule has 1 aliphatic carbocycles. The quantitative estimate of drug-likeness (QED) is 0.794. The monoisotopic (exact) mass is 389 g/mol. The van der Waals surface area contributed by atoms with Gasteiger partial charge in [0.25, 0.3) is 0 Å². The summed E-state index contributed by atoms with van der Waals surface area (Å²) in [6.07, 6.45) is 4.05. The largest absolute Gasteiger partial charge is 0.399 e. The average molecular weight is 390 g/mol. The molecule has 3 rings (SSSR count). The number of nitrogens with zero attached hydrogens (tertiary/aromatic N) is 4. The van der Waals surface area contributed by atoms with Crippen molar-refractivity contribution < 1.29 is 0 Å². The maximum Gasteiger partial charge on any atom is 0.191 e. The lowest BCUT2D eigenvalue weighted by Gasteiger charge is -2.46. The molecule has 1 aromatic carbocycles. The number of thioether (sulfide) groups is 1. The summed E-state index contributed by atoms with van der Waals surface area (Å²) in [5, 5.41) is 29.9. The lowest BCUT2D eigenvalue weighted by atomic mass is 9.58. The van der Waals surface area contributed by atoms with E-state index < -0.39 is 11.3 Å².